The van der Waals surface area contributed by atoms with Gasteiger partial charge >= 0.3 is 0 Å². The summed E-state index contributed by atoms with van der Waals surface area (Å²) in [7, 11) is 0. The van der Waals surface area contributed by atoms with Crippen LogP contribution in [0.5, 0.6) is 0 Å². The standard InChI is InChI=1S/C15H17ClN2/c1-9-6-10(2)15(11(3)7-9)18-14-5-4-12(16)8-13(14)17/h4-8,18H,17H2,1-3H3. The van der Waals surface area contributed by atoms with Crippen LogP contribution in [-0.4, -0.2) is 0 Å². The van der Waals surface area contributed by atoms with Gasteiger partial charge in [-0.3, -0.25) is 0 Å². The van der Waals surface area contributed by atoms with Crippen molar-refractivity contribution < 1.29 is 0 Å². The minimum Gasteiger partial charge on any atom is -0.397 e. The second-order valence-corrected chi connectivity index (χ2v) is 5.07. The van der Waals surface area contributed by atoms with Gasteiger partial charge in [0.1, 0.15) is 0 Å². The van der Waals surface area contributed by atoms with E-state index in [0.29, 0.717) is 10.7 Å². The summed E-state index contributed by atoms with van der Waals surface area (Å²) in [4.78, 5) is 0. The number of nitrogen functional groups attached to an aromatic ring is 1. The van der Waals surface area contributed by atoms with Crippen LogP contribution in [0.15, 0.2) is 30.3 Å². The topological polar surface area (TPSA) is 38.0 Å². The summed E-state index contributed by atoms with van der Waals surface area (Å²) in [6.45, 7) is 6.28. The summed E-state index contributed by atoms with van der Waals surface area (Å²) in [6, 6.07) is 9.79. The van der Waals surface area contributed by atoms with Crippen molar-refractivity contribution in [2.45, 2.75) is 20.8 Å². The Morgan fingerprint density at radius 3 is 2.17 bits per heavy atom. The van der Waals surface area contributed by atoms with E-state index >= 15 is 0 Å². The van der Waals surface area contributed by atoms with Gasteiger partial charge in [0, 0.05) is 10.7 Å². The summed E-state index contributed by atoms with van der Waals surface area (Å²) in [5, 5.41) is 4.03. The lowest BCUT2D eigenvalue weighted by atomic mass is 10.0. The quantitative estimate of drug-likeness (QED) is 0.775. The first-order valence-corrected chi connectivity index (χ1v) is 6.25. The van der Waals surface area contributed by atoms with E-state index in [0.717, 1.165) is 11.4 Å². The SMILES string of the molecule is Cc1cc(C)c(Nc2ccc(Cl)cc2N)c(C)c1. The van der Waals surface area contributed by atoms with Gasteiger partial charge < -0.3 is 11.1 Å². The fourth-order valence-electron chi connectivity index (χ4n) is 2.16. The molecule has 2 rings (SSSR count). The molecule has 2 aromatic carbocycles. The molecule has 0 aliphatic heterocycles. The van der Waals surface area contributed by atoms with E-state index in [9.17, 15) is 0 Å². The average molecular weight is 261 g/mol. The molecule has 18 heavy (non-hydrogen) atoms. The van der Waals surface area contributed by atoms with Crippen molar-refractivity contribution in [2.24, 2.45) is 0 Å². The third-order valence-electron chi connectivity index (χ3n) is 2.95. The second kappa shape index (κ2) is 4.91. The predicted octanol–water partition coefficient (Wildman–Crippen LogP) is 4.59. The van der Waals surface area contributed by atoms with Crippen molar-refractivity contribution in [3.8, 4) is 0 Å². The molecule has 0 saturated heterocycles. The van der Waals surface area contributed by atoms with Crippen LogP contribution < -0.4 is 11.1 Å². The van der Waals surface area contributed by atoms with Crippen LogP contribution in [0.2, 0.25) is 5.02 Å². The maximum Gasteiger partial charge on any atom is 0.0619 e. The minimum atomic E-state index is 0.649. The van der Waals surface area contributed by atoms with Crippen molar-refractivity contribution in [3.05, 3.63) is 52.0 Å². The summed E-state index contributed by atoms with van der Waals surface area (Å²) in [5.41, 5.74) is 12.3. The molecule has 2 nitrogen and oxygen atoms in total. The zero-order valence-electron chi connectivity index (χ0n) is 10.8. The van der Waals surface area contributed by atoms with Gasteiger partial charge in [0.25, 0.3) is 0 Å². The van der Waals surface area contributed by atoms with E-state index in [1.165, 1.54) is 16.7 Å². The highest BCUT2D eigenvalue weighted by atomic mass is 35.5. The van der Waals surface area contributed by atoms with E-state index in [1.807, 2.05) is 12.1 Å². The monoisotopic (exact) mass is 260 g/mol. The largest absolute Gasteiger partial charge is 0.397 e. The van der Waals surface area contributed by atoms with E-state index in [-0.39, 0.29) is 0 Å². The fourth-order valence-corrected chi connectivity index (χ4v) is 2.34. The summed E-state index contributed by atoms with van der Waals surface area (Å²) in [5.74, 6) is 0. The second-order valence-electron chi connectivity index (χ2n) is 4.63. The Labute approximate surface area is 113 Å². The Balaban J connectivity index is 2.40. The highest BCUT2D eigenvalue weighted by molar-refractivity contribution is 6.31. The third kappa shape index (κ3) is 2.59. The summed E-state index contributed by atoms with van der Waals surface area (Å²) < 4.78 is 0. The van der Waals surface area contributed by atoms with E-state index < -0.39 is 0 Å². The van der Waals surface area contributed by atoms with Crippen molar-refractivity contribution in [2.75, 3.05) is 11.1 Å². The summed E-state index contributed by atoms with van der Waals surface area (Å²) >= 11 is 5.90. The highest BCUT2D eigenvalue weighted by Gasteiger charge is 2.06. The Bertz CT molecular complexity index is 568. The van der Waals surface area contributed by atoms with Gasteiger partial charge in [-0.2, -0.15) is 0 Å². The lowest BCUT2D eigenvalue weighted by molar-refractivity contribution is 1.31. The molecule has 0 unspecified atom stereocenters. The van der Waals surface area contributed by atoms with Crippen LogP contribution in [0.3, 0.4) is 0 Å². The molecule has 0 spiro atoms. The maximum absolute atomic E-state index is 5.95. The number of rotatable bonds is 2. The molecule has 0 atom stereocenters. The number of nitrogens with one attached hydrogen (secondary N) is 1. The van der Waals surface area contributed by atoms with E-state index in [4.69, 9.17) is 17.3 Å². The zero-order chi connectivity index (χ0) is 13.3. The molecular formula is C15H17ClN2. The third-order valence-corrected chi connectivity index (χ3v) is 3.19. The Kier molecular flexibility index (Phi) is 3.48. The molecule has 0 heterocycles. The van der Waals surface area contributed by atoms with Gasteiger partial charge in [-0.05, 0) is 50.1 Å². The smallest absolute Gasteiger partial charge is 0.0619 e. The van der Waals surface area contributed by atoms with Gasteiger partial charge in [-0.1, -0.05) is 29.3 Å². The van der Waals surface area contributed by atoms with Crippen molar-refractivity contribution in [1.82, 2.24) is 0 Å². The summed E-state index contributed by atoms with van der Waals surface area (Å²) in [6.07, 6.45) is 0. The molecule has 0 amide bonds. The fraction of sp³-hybridized carbons (Fsp3) is 0.200. The number of nitrogens with two attached hydrogens (primary N) is 1. The molecule has 0 fully saturated rings. The van der Waals surface area contributed by atoms with Crippen LogP contribution in [0, 0.1) is 20.8 Å². The molecular weight excluding hydrogens is 244 g/mol. The van der Waals surface area contributed by atoms with Crippen LogP contribution >= 0.6 is 11.6 Å². The molecule has 3 N–H and O–H groups in total. The van der Waals surface area contributed by atoms with Crippen LogP contribution in [0.25, 0.3) is 0 Å². The normalized spacial score (nSPS) is 10.4. The molecule has 0 saturated carbocycles. The maximum atomic E-state index is 5.95. The number of hydrogen-bond acceptors (Lipinski definition) is 2. The Morgan fingerprint density at radius 1 is 1.00 bits per heavy atom. The number of aryl methyl sites for hydroxylation is 3. The lowest BCUT2D eigenvalue weighted by Crippen LogP contribution is -2.00. The van der Waals surface area contributed by atoms with Gasteiger partial charge in [-0.15, -0.1) is 0 Å². The first kappa shape index (κ1) is 12.8. The van der Waals surface area contributed by atoms with Crippen molar-refractivity contribution in [1.29, 1.82) is 0 Å². The molecule has 2 aromatic rings. The minimum absolute atomic E-state index is 0.649. The average Bonchev–Trinajstić information content (AvgIpc) is 2.25. The van der Waals surface area contributed by atoms with Gasteiger partial charge in [-0.25, -0.2) is 0 Å². The number of hydrogen-bond donors (Lipinski definition) is 2. The first-order chi connectivity index (χ1) is 8.47. The molecule has 0 aromatic heterocycles. The predicted molar refractivity (Wildman–Crippen MR) is 79.8 cm³/mol. The van der Waals surface area contributed by atoms with Crippen LogP contribution in [0.1, 0.15) is 16.7 Å². The highest BCUT2D eigenvalue weighted by Crippen LogP contribution is 2.30. The Hall–Kier alpha value is -1.67. The van der Waals surface area contributed by atoms with Gasteiger partial charge in [0.15, 0.2) is 0 Å². The lowest BCUT2D eigenvalue weighted by Gasteiger charge is -2.15. The van der Waals surface area contributed by atoms with Gasteiger partial charge in [0.2, 0.25) is 0 Å². The van der Waals surface area contributed by atoms with Crippen LogP contribution in [-0.2, 0) is 0 Å². The number of benzene rings is 2. The van der Waals surface area contributed by atoms with Crippen LogP contribution in [0.4, 0.5) is 17.1 Å². The molecule has 0 bridgehead atoms. The number of halogens is 1. The van der Waals surface area contributed by atoms with E-state index in [2.05, 4.69) is 38.2 Å². The number of anilines is 3. The molecule has 0 aliphatic rings. The molecule has 3 heteroatoms. The van der Waals surface area contributed by atoms with Crippen molar-refractivity contribution in [3.63, 3.8) is 0 Å². The molecule has 0 aliphatic carbocycles. The zero-order valence-corrected chi connectivity index (χ0v) is 11.6. The first-order valence-electron chi connectivity index (χ1n) is 5.87. The van der Waals surface area contributed by atoms with Gasteiger partial charge in [0.05, 0.1) is 11.4 Å². The Morgan fingerprint density at radius 2 is 1.61 bits per heavy atom. The van der Waals surface area contributed by atoms with Crippen molar-refractivity contribution >= 4 is 28.7 Å². The molecule has 0 radical (unpaired) electrons. The van der Waals surface area contributed by atoms with E-state index in [1.54, 1.807) is 6.07 Å². The molecule has 94 valence electrons.